The number of anilines is 1. The molecule has 0 aliphatic carbocycles. The lowest BCUT2D eigenvalue weighted by atomic mass is 10.0. The van der Waals surface area contributed by atoms with Gasteiger partial charge in [-0.15, -0.1) is 0 Å². The van der Waals surface area contributed by atoms with E-state index in [2.05, 4.69) is 10.4 Å². The molecule has 9 heteroatoms. The highest BCUT2D eigenvalue weighted by molar-refractivity contribution is 5.96. The number of hydrogen-bond donors (Lipinski definition) is 1. The molecule has 1 aliphatic rings. The summed E-state index contributed by atoms with van der Waals surface area (Å²) in [5.74, 6) is -0.0479. The number of aryl methyl sites for hydroxylation is 1. The number of para-hydroxylation sites is 1. The third-order valence-electron chi connectivity index (χ3n) is 7.51. The molecule has 0 radical (unpaired) electrons. The maximum absolute atomic E-state index is 13.5. The summed E-state index contributed by atoms with van der Waals surface area (Å²) in [7, 11) is 0. The average Bonchev–Trinajstić information content (AvgIpc) is 3.40. The van der Waals surface area contributed by atoms with Crippen molar-refractivity contribution in [3.8, 4) is 11.5 Å². The first kappa shape index (κ1) is 28.6. The summed E-state index contributed by atoms with van der Waals surface area (Å²) >= 11 is 0. The SMILES string of the molecule is Cc1cc(C(C)Nc2ccccc2C(=O)OC(C)(C)C)c2oc(-c3ccc4cnn(C5CCCCO5)c4n3)cc(=O)c2c1. The molecular weight excluding hydrogens is 544 g/mol. The van der Waals surface area contributed by atoms with Gasteiger partial charge in [0, 0.05) is 29.3 Å². The van der Waals surface area contributed by atoms with Crippen LogP contribution in [0.4, 0.5) is 5.69 Å². The lowest BCUT2D eigenvalue weighted by Crippen LogP contribution is -2.24. The monoisotopic (exact) mass is 580 g/mol. The minimum absolute atomic E-state index is 0.159. The smallest absolute Gasteiger partial charge is 0.340 e. The summed E-state index contributed by atoms with van der Waals surface area (Å²) in [6.07, 6.45) is 4.60. The molecule has 9 nitrogen and oxygen atoms in total. The number of nitrogens with zero attached hydrogens (tertiary/aromatic N) is 3. The first-order valence-electron chi connectivity index (χ1n) is 14.7. The lowest BCUT2D eigenvalue weighted by molar-refractivity contribution is -0.0370. The van der Waals surface area contributed by atoms with Crippen molar-refractivity contribution in [2.24, 2.45) is 0 Å². The Morgan fingerprint density at radius 1 is 1.12 bits per heavy atom. The van der Waals surface area contributed by atoms with Gasteiger partial charge >= 0.3 is 5.97 Å². The fraction of sp³-hybridized carbons (Fsp3) is 0.353. The van der Waals surface area contributed by atoms with E-state index in [1.165, 1.54) is 6.07 Å². The Morgan fingerprint density at radius 3 is 2.70 bits per heavy atom. The second kappa shape index (κ2) is 11.3. The van der Waals surface area contributed by atoms with Gasteiger partial charge in [0.1, 0.15) is 16.9 Å². The van der Waals surface area contributed by atoms with Crippen molar-refractivity contribution in [3.63, 3.8) is 0 Å². The Hall–Kier alpha value is -4.50. The van der Waals surface area contributed by atoms with E-state index in [1.807, 2.05) is 75.7 Å². The van der Waals surface area contributed by atoms with Gasteiger partial charge < -0.3 is 19.2 Å². The number of carbonyl (C=O) groups excluding carboxylic acids is 1. The molecule has 3 aromatic heterocycles. The zero-order chi connectivity index (χ0) is 30.3. The Labute approximate surface area is 249 Å². The molecule has 4 heterocycles. The van der Waals surface area contributed by atoms with Crippen molar-refractivity contribution in [3.05, 3.63) is 87.7 Å². The highest BCUT2D eigenvalue weighted by Crippen LogP contribution is 2.32. The maximum Gasteiger partial charge on any atom is 0.340 e. The van der Waals surface area contributed by atoms with Gasteiger partial charge in [0.25, 0.3) is 0 Å². The van der Waals surface area contributed by atoms with Crippen LogP contribution < -0.4 is 10.7 Å². The second-order valence-corrected chi connectivity index (χ2v) is 12.1. The molecule has 6 rings (SSSR count). The third-order valence-corrected chi connectivity index (χ3v) is 7.51. The molecule has 0 spiro atoms. The molecule has 1 aliphatic heterocycles. The number of rotatable bonds is 6. The molecule has 43 heavy (non-hydrogen) atoms. The topological polar surface area (TPSA) is 108 Å². The van der Waals surface area contributed by atoms with Crippen LogP contribution in [0.3, 0.4) is 0 Å². The van der Waals surface area contributed by atoms with Crippen LogP contribution in [0.1, 0.15) is 80.7 Å². The van der Waals surface area contributed by atoms with Crippen LogP contribution in [0, 0.1) is 6.92 Å². The molecule has 1 saturated heterocycles. The first-order chi connectivity index (χ1) is 20.6. The van der Waals surface area contributed by atoms with E-state index in [4.69, 9.17) is 18.9 Å². The van der Waals surface area contributed by atoms with Gasteiger partial charge in [-0.1, -0.05) is 18.2 Å². The number of benzene rings is 2. The molecule has 2 atom stereocenters. The van der Waals surface area contributed by atoms with Crippen molar-refractivity contribution in [1.82, 2.24) is 14.8 Å². The predicted octanol–water partition coefficient (Wildman–Crippen LogP) is 7.34. The molecule has 1 fully saturated rings. The van der Waals surface area contributed by atoms with E-state index in [0.29, 0.717) is 45.9 Å². The van der Waals surface area contributed by atoms with Crippen molar-refractivity contribution in [1.29, 1.82) is 0 Å². The Morgan fingerprint density at radius 2 is 1.93 bits per heavy atom. The predicted molar refractivity (Wildman–Crippen MR) is 166 cm³/mol. The van der Waals surface area contributed by atoms with Gasteiger partial charge in [-0.3, -0.25) is 4.79 Å². The fourth-order valence-corrected chi connectivity index (χ4v) is 5.50. The summed E-state index contributed by atoms with van der Waals surface area (Å²) in [6, 6.07) is 16.0. The van der Waals surface area contributed by atoms with Crippen LogP contribution in [-0.2, 0) is 9.47 Å². The number of fused-ring (bicyclic) bond motifs is 2. The summed E-state index contributed by atoms with van der Waals surface area (Å²) in [5, 5.41) is 9.36. The van der Waals surface area contributed by atoms with Crippen LogP contribution in [0.5, 0.6) is 0 Å². The Kier molecular flexibility index (Phi) is 7.52. The van der Waals surface area contributed by atoms with Gasteiger partial charge in [-0.2, -0.15) is 5.10 Å². The van der Waals surface area contributed by atoms with Gasteiger partial charge in [0.2, 0.25) is 0 Å². The molecular formula is C34H36N4O5. The van der Waals surface area contributed by atoms with Crippen molar-refractivity contribution in [2.45, 2.75) is 71.8 Å². The third kappa shape index (κ3) is 5.90. The zero-order valence-electron chi connectivity index (χ0n) is 25.1. The number of nitrogens with one attached hydrogen (secondary N) is 1. The zero-order valence-corrected chi connectivity index (χ0v) is 25.1. The van der Waals surface area contributed by atoms with Crippen LogP contribution in [0.15, 0.2) is 70.0 Å². The maximum atomic E-state index is 13.5. The van der Waals surface area contributed by atoms with Crippen LogP contribution in [0.25, 0.3) is 33.5 Å². The molecule has 1 N–H and O–H groups in total. The van der Waals surface area contributed by atoms with Crippen LogP contribution >= 0.6 is 0 Å². The number of pyridine rings is 1. The average molecular weight is 581 g/mol. The second-order valence-electron chi connectivity index (χ2n) is 12.1. The minimum Gasteiger partial charge on any atom is -0.456 e. The van der Waals surface area contributed by atoms with E-state index < -0.39 is 11.6 Å². The Bertz CT molecular complexity index is 1880. The highest BCUT2D eigenvalue weighted by atomic mass is 16.6. The number of carbonyl (C=O) groups is 1. The molecule has 2 aromatic carbocycles. The standard InChI is InChI=1S/C34H36N4O5/c1-20-16-24(21(2)36-26-11-7-6-10-23(26)33(40)43-34(3,4)5)31-25(17-20)28(39)18-29(42-31)27-14-13-22-19-35-38(32(22)37-27)30-12-8-9-15-41-30/h6-7,10-11,13-14,16-19,21,30,36H,8-9,12,15H2,1-5H3. The normalized spacial score (nSPS) is 16.3. The quantitative estimate of drug-likeness (QED) is 0.208. The van der Waals surface area contributed by atoms with Crippen LogP contribution in [0.2, 0.25) is 0 Å². The largest absolute Gasteiger partial charge is 0.456 e. The van der Waals surface area contributed by atoms with Crippen LogP contribution in [-0.4, -0.2) is 32.9 Å². The molecule has 5 aromatic rings. The van der Waals surface area contributed by atoms with Crippen molar-refractivity contribution < 1.29 is 18.7 Å². The Balaban J connectivity index is 1.39. The van der Waals surface area contributed by atoms with Crippen molar-refractivity contribution >= 4 is 33.7 Å². The molecule has 0 bridgehead atoms. The van der Waals surface area contributed by atoms with Gasteiger partial charge in [0.15, 0.2) is 23.1 Å². The highest BCUT2D eigenvalue weighted by Gasteiger charge is 2.23. The first-order valence-corrected chi connectivity index (χ1v) is 14.7. The number of aromatic nitrogens is 3. The molecule has 2 unspecified atom stereocenters. The lowest BCUT2D eigenvalue weighted by Gasteiger charge is -2.23. The van der Waals surface area contributed by atoms with Gasteiger partial charge in [-0.25, -0.2) is 14.5 Å². The van der Waals surface area contributed by atoms with E-state index in [-0.39, 0.29) is 17.7 Å². The molecule has 0 saturated carbocycles. The van der Waals surface area contributed by atoms with E-state index in [9.17, 15) is 9.59 Å². The van der Waals surface area contributed by atoms with E-state index >= 15 is 0 Å². The van der Waals surface area contributed by atoms with Crippen molar-refractivity contribution in [2.75, 3.05) is 11.9 Å². The fourth-order valence-electron chi connectivity index (χ4n) is 5.50. The molecule has 0 amide bonds. The molecule has 222 valence electrons. The summed E-state index contributed by atoms with van der Waals surface area (Å²) in [4.78, 5) is 31.3. The summed E-state index contributed by atoms with van der Waals surface area (Å²) in [6.45, 7) is 10.1. The number of esters is 1. The van der Waals surface area contributed by atoms with E-state index in [1.54, 1.807) is 18.3 Å². The summed E-state index contributed by atoms with van der Waals surface area (Å²) in [5.41, 5.74) is 3.67. The number of ether oxygens (including phenoxy) is 2. The van der Waals surface area contributed by atoms with Gasteiger partial charge in [-0.05, 0) is 89.8 Å². The number of hydrogen-bond acceptors (Lipinski definition) is 8. The summed E-state index contributed by atoms with van der Waals surface area (Å²) < 4.78 is 19.9. The minimum atomic E-state index is -0.624. The van der Waals surface area contributed by atoms with E-state index in [0.717, 1.165) is 35.8 Å². The van der Waals surface area contributed by atoms with Gasteiger partial charge in [0.05, 0.1) is 23.2 Å².